The topological polar surface area (TPSA) is 55.1 Å². The van der Waals surface area contributed by atoms with Crippen LogP contribution in [0.25, 0.3) is 11.0 Å². The van der Waals surface area contributed by atoms with E-state index >= 15 is 0 Å². The van der Waals surface area contributed by atoms with Crippen LogP contribution in [0.2, 0.25) is 0 Å². The molecule has 0 bridgehead atoms. The largest absolute Gasteiger partial charge is 0.451 e. The molecule has 4 nitrogen and oxygen atoms in total. The first-order valence-electron chi connectivity index (χ1n) is 8.64. The predicted octanol–water partition coefficient (Wildman–Crippen LogP) is 6.19. The Labute approximate surface area is 169 Å². The number of benzene rings is 2. The highest BCUT2D eigenvalue weighted by atomic mass is 32.2. The van der Waals surface area contributed by atoms with Crippen molar-refractivity contribution in [3.63, 3.8) is 0 Å². The molecule has 0 spiro atoms. The van der Waals surface area contributed by atoms with Gasteiger partial charge in [-0.1, -0.05) is 30.0 Å². The molecule has 2 aromatic heterocycles. The van der Waals surface area contributed by atoms with Gasteiger partial charge in [0.15, 0.2) is 5.76 Å². The molecule has 0 saturated heterocycles. The molecule has 4 aromatic rings. The molecule has 0 aliphatic heterocycles. The molecule has 0 radical (unpaired) electrons. The average molecular weight is 413 g/mol. The zero-order valence-electron chi connectivity index (χ0n) is 15.3. The van der Waals surface area contributed by atoms with Crippen LogP contribution in [-0.4, -0.2) is 10.9 Å². The van der Waals surface area contributed by atoms with E-state index in [2.05, 4.69) is 10.3 Å². The van der Waals surface area contributed by atoms with Crippen LogP contribution >= 0.6 is 23.1 Å². The second kappa shape index (κ2) is 7.77. The maximum Gasteiger partial charge on any atom is 0.291 e. The maximum absolute atomic E-state index is 13.3. The zero-order chi connectivity index (χ0) is 19.7. The predicted molar refractivity (Wildman–Crippen MR) is 112 cm³/mol. The number of rotatable bonds is 5. The quantitative estimate of drug-likeness (QED) is 0.397. The van der Waals surface area contributed by atoms with E-state index in [1.54, 1.807) is 36.1 Å². The number of hydrogen-bond donors (Lipinski definition) is 1. The number of aryl methyl sites for hydroxylation is 2. The van der Waals surface area contributed by atoms with Crippen LogP contribution in [0.5, 0.6) is 0 Å². The van der Waals surface area contributed by atoms with Gasteiger partial charge in [0.2, 0.25) is 0 Å². The van der Waals surface area contributed by atoms with Gasteiger partial charge in [-0.2, -0.15) is 0 Å². The van der Waals surface area contributed by atoms with E-state index in [4.69, 9.17) is 4.42 Å². The highest BCUT2D eigenvalue weighted by molar-refractivity contribution is 8.00. The molecule has 1 amide bonds. The van der Waals surface area contributed by atoms with Crippen molar-refractivity contribution in [3.8, 4) is 0 Å². The fourth-order valence-corrected chi connectivity index (χ4v) is 4.78. The van der Waals surface area contributed by atoms with E-state index < -0.39 is 0 Å². The number of carbonyl (C=O) groups is 1. The number of amides is 1. The van der Waals surface area contributed by atoms with E-state index in [-0.39, 0.29) is 17.5 Å². The Kier molecular flexibility index (Phi) is 5.19. The SMILES string of the molecule is Cc1csc(SCc2c(C(=O)Nc3ccc(F)cc3C)oc3ccccc23)n1. The number of furan rings is 1. The molecule has 7 heteroatoms. The number of nitrogens with one attached hydrogen (secondary N) is 1. The number of fused-ring (bicyclic) bond motifs is 1. The number of thiazole rings is 1. The van der Waals surface area contributed by atoms with Gasteiger partial charge in [-0.3, -0.25) is 4.79 Å². The van der Waals surface area contributed by atoms with Gasteiger partial charge in [-0.05, 0) is 43.7 Å². The highest BCUT2D eigenvalue weighted by Gasteiger charge is 2.21. The number of aromatic nitrogens is 1. The van der Waals surface area contributed by atoms with Crippen molar-refractivity contribution in [1.29, 1.82) is 0 Å². The maximum atomic E-state index is 13.3. The van der Waals surface area contributed by atoms with Crippen LogP contribution in [0.3, 0.4) is 0 Å². The molecule has 1 N–H and O–H groups in total. The summed E-state index contributed by atoms with van der Waals surface area (Å²) in [6.45, 7) is 3.70. The lowest BCUT2D eigenvalue weighted by atomic mass is 10.1. The summed E-state index contributed by atoms with van der Waals surface area (Å²) < 4.78 is 20.2. The Morgan fingerprint density at radius 3 is 2.82 bits per heavy atom. The van der Waals surface area contributed by atoms with Crippen LogP contribution < -0.4 is 5.32 Å². The normalized spacial score (nSPS) is 11.1. The van der Waals surface area contributed by atoms with Crippen molar-refractivity contribution >= 4 is 45.7 Å². The van der Waals surface area contributed by atoms with Gasteiger partial charge in [-0.25, -0.2) is 9.37 Å². The van der Waals surface area contributed by atoms with Crippen LogP contribution in [0.4, 0.5) is 10.1 Å². The first-order chi connectivity index (χ1) is 13.5. The Balaban J connectivity index is 1.66. The van der Waals surface area contributed by atoms with E-state index in [0.29, 0.717) is 22.6 Å². The van der Waals surface area contributed by atoms with Gasteiger partial charge in [0.1, 0.15) is 15.7 Å². The smallest absolute Gasteiger partial charge is 0.291 e. The molecule has 2 aromatic carbocycles. The first-order valence-corrected chi connectivity index (χ1v) is 10.5. The third kappa shape index (κ3) is 3.81. The van der Waals surface area contributed by atoms with E-state index in [1.807, 2.05) is 36.6 Å². The molecule has 142 valence electrons. The second-order valence-corrected chi connectivity index (χ2v) is 8.44. The third-order valence-corrected chi connectivity index (χ3v) is 6.44. The Morgan fingerprint density at radius 2 is 2.07 bits per heavy atom. The van der Waals surface area contributed by atoms with Gasteiger partial charge in [0.05, 0.1) is 0 Å². The van der Waals surface area contributed by atoms with Crippen molar-refractivity contribution < 1.29 is 13.6 Å². The Morgan fingerprint density at radius 1 is 1.25 bits per heavy atom. The summed E-state index contributed by atoms with van der Waals surface area (Å²) in [4.78, 5) is 17.4. The lowest BCUT2D eigenvalue weighted by molar-refractivity contribution is 0.0997. The van der Waals surface area contributed by atoms with Crippen molar-refractivity contribution in [2.45, 2.75) is 23.9 Å². The average Bonchev–Trinajstić information content (AvgIpc) is 3.25. The summed E-state index contributed by atoms with van der Waals surface area (Å²) in [5.74, 6) is 0.146. The Bertz CT molecular complexity index is 1170. The van der Waals surface area contributed by atoms with Crippen LogP contribution in [0, 0.1) is 19.7 Å². The lowest BCUT2D eigenvalue weighted by Gasteiger charge is -2.08. The molecule has 0 fully saturated rings. The van der Waals surface area contributed by atoms with Crippen LogP contribution in [0.1, 0.15) is 27.4 Å². The van der Waals surface area contributed by atoms with Crippen molar-refractivity contribution in [2.24, 2.45) is 0 Å². The summed E-state index contributed by atoms with van der Waals surface area (Å²) in [6, 6.07) is 11.8. The van der Waals surface area contributed by atoms with Gasteiger partial charge >= 0.3 is 0 Å². The molecule has 4 rings (SSSR count). The molecular weight excluding hydrogens is 395 g/mol. The molecule has 0 aliphatic rings. The standard InChI is InChI=1S/C21H17FN2O2S2/c1-12-9-14(22)7-8-17(12)24-20(25)19-16(11-28-21-23-13(2)10-27-21)15-5-3-4-6-18(15)26-19/h3-10H,11H2,1-2H3,(H,24,25). The van der Waals surface area contributed by atoms with Crippen molar-refractivity contribution in [2.75, 3.05) is 5.32 Å². The molecule has 0 saturated carbocycles. The van der Waals surface area contributed by atoms with Gasteiger partial charge in [0.25, 0.3) is 5.91 Å². The van der Waals surface area contributed by atoms with Gasteiger partial charge < -0.3 is 9.73 Å². The summed E-state index contributed by atoms with van der Waals surface area (Å²) in [5, 5.41) is 5.74. The summed E-state index contributed by atoms with van der Waals surface area (Å²) in [6.07, 6.45) is 0. The number of thioether (sulfide) groups is 1. The molecule has 2 heterocycles. The number of para-hydroxylation sites is 1. The molecule has 28 heavy (non-hydrogen) atoms. The van der Waals surface area contributed by atoms with E-state index in [1.165, 1.54) is 12.1 Å². The third-order valence-electron chi connectivity index (χ3n) is 4.28. The first kappa shape index (κ1) is 18.7. The number of hydrogen-bond acceptors (Lipinski definition) is 5. The minimum absolute atomic E-state index is 0.269. The fraction of sp³-hybridized carbons (Fsp3) is 0.143. The molecular formula is C21H17FN2O2S2. The molecule has 0 atom stereocenters. The summed E-state index contributed by atoms with van der Waals surface area (Å²) in [7, 11) is 0. The minimum atomic E-state index is -0.350. The van der Waals surface area contributed by atoms with E-state index in [9.17, 15) is 9.18 Å². The van der Waals surface area contributed by atoms with E-state index in [0.717, 1.165) is 21.0 Å². The summed E-state index contributed by atoms with van der Waals surface area (Å²) >= 11 is 3.16. The number of halogens is 1. The fourth-order valence-electron chi connectivity index (χ4n) is 2.90. The van der Waals surface area contributed by atoms with Crippen LogP contribution in [0.15, 0.2) is 56.6 Å². The van der Waals surface area contributed by atoms with Crippen molar-refractivity contribution in [1.82, 2.24) is 4.98 Å². The molecule has 0 unspecified atom stereocenters. The van der Waals surface area contributed by atoms with Crippen LogP contribution in [-0.2, 0) is 5.75 Å². The number of carbonyl (C=O) groups excluding carboxylic acids is 1. The number of anilines is 1. The second-order valence-electron chi connectivity index (χ2n) is 6.36. The zero-order valence-corrected chi connectivity index (χ0v) is 16.9. The van der Waals surface area contributed by atoms with Crippen molar-refractivity contribution in [3.05, 3.63) is 76.2 Å². The summed E-state index contributed by atoms with van der Waals surface area (Å²) in [5.41, 5.74) is 3.68. The lowest BCUT2D eigenvalue weighted by Crippen LogP contribution is -2.13. The molecule has 0 aliphatic carbocycles. The highest BCUT2D eigenvalue weighted by Crippen LogP contribution is 2.33. The minimum Gasteiger partial charge on any atom is -0.451 e. The number of nitrogens with zero attached hydrogens (tertiary/aromatic N) is 1. The monoisotopic (exact) mass is 412 g/mol. The van der Waals surface area contributed by atoms with Gasteiger partial charge in [0, 0.05) is 33.5 Å². The Hall–Kier alpha value is -2.64. The van der Waals surface area contributed by atoms with Gasteiger partial charge in [-0.15, -0.1) is 11.3 Å².